The number of amides is 2. The van der Waals surface area contributed by atoms with Crippen LogP contribution in [-0.4, -0.2) is 45.0 Å². The van der Waals surface area contributed by atoms with E-state index in [0.717, 1.165) is 43.4 Å². The molecule has 1 fully saturated rings. The number of benzene rings is 2. The van der Waals surface area contributed by atoms with Crippen molar-refractivity contribution >= 4 is 50.7 Å². The van der Waals surface area contributed by atoms with Crippen molar-refractivity contribution in [3.05, 3.63) is 63.8 Å². The lowest BCUT2D eigenvalue weighted by Gasteiger charge is -2.29. The quantitative estimate of drug-likeness (QED) is 0.454. The van der Waals surface area contributed by atoms with Gasteiger partial charge in [-0.2, -0.15) is 5.10 Å². The van der Waals surface area contributed by atoms with Crippen LogP contribution in [0.4, 0.5) is 5.69 Å². The van der Waals surface area contributed by atoms with E-state index in [9.17, 15) is 9.59 Å². The van der Waals surface area contributed by atoms with Crippen molar-refractivity contribution in [1.29, 1.82) is 0 Å². The number of hydrogen-bond donors (Lipinski definition) is 1. The number of carbonyl (C=O) groups excluding carboxylic acids is 2. The Balaban J connectivity index is 1.20. The molecule has 4 heterocycles. The van der Waals surface area contributed by atoms with Crippen LogP contribution in [0, 0.1) is 12.8 Å². The Kier molecular flexibility index (Phi) is 5.15. The Morgan fingerprint density at radius 2 is 2.03 bits per heavy atom. The average Bonchev–Trinajstić information content (AvgIpc) is 3.53. The number of H-pyrrole nitrogens is 1. The minimum absolute atomic E-state index is 0.0208. The molecule has 2 aliphatic rings. The van der Waals surface area contributed by atoms with Crippen LogP contribution in [0.2, 0.25) is 5.02 Å². The molecule has 4 aromatic rings. The zero-order chi connectivity index (χ0) is 23.4. The van der Waals surface area contributed by atoms with Gasteiger partial charge in [0.05, 0.1) is 26.8 Å². The third kappa shape index (κ3) is 3.67. The van der Waals surface area contributed by atoms with Crippen molar-refractivity contribution in [2.45, 2.75) is 26.3 Å². The molecule has 1 unspecified atom stereocenters. The zero-order valence-corrected chi connectivity index (χ0v) is 20.1. The zero-order valence-electron chi connectivity index (χ0n) is 18.5. The van der Waals surface area contributed by atoms with Crippen LogP contribution in [-0.2, 0) is 22.6 Å². The smallest absolute Gasteiger partial charge is 0.228 e. The average molecular weight is 492 g/mol. The molecular formula is C25H22ClN5O2S. The number of aryl methyl sites for hydroxylation is 1. The Hall–Kier alpha value is -3.23. The summed E-state index contributed by atoms with van der Waals surface area (Å²) < 4.78 is 1.10. The molecule has 0 aliphatic carbocycles. The molecule has 7 nitrogen and oxygen atoms in total. The summed E-state index contributed by atoms with van der Waals surface area (Å²) in [5.41, 5.74) is 5.60. The SMILES string of the molecule is Cc1nc2cc(N3CC(C(=O)N4CCc5[nH]nc(-c6ccc(Cl)cc6)c5C4)CC3=O)ccc2s1. The molecule has 0 saturated carbocycles. The second-order valence-electron chi connectivity index (χ2n) is 8.84. The summed E-state index contributed by atoms with van der Waals surface area (Å²) in [4.78, 5) is 34.4. The van der Waals surface area contributed by atoms with Crippen LogP contribution in [0.5, 0.6) is 0 Å². The van der Waals surface area contributed by atoms with Gasteiger partial charge >= 0.3 is 0 Å². The summed E-state index contributed by atoms with van der Waals surface area (Å²) in [6.45, 7) is 3.47. The Morgan fingerprint density at radius 3 is 2.85 bits per heavy atom. The first kappa shape index (κ1) is 21.3. The van der Waals surface area contributed by atoms with Gasteiger partial charge in [0.1, 0.15) is 0 Å². The fourth-order valence-corrected chi connectivity index (χ4v) is 5.84. The molecule has 0 bridgehead atoms. The first-order valence-corrected chi connectivity index (χ1v) is 12.4. The Labute approximate surface area is 205 Å². The number of halogens is 1. The largest absolute Gasteiger partial charge is 0.338 e. The molecule has 1 saturated heterocycles. The molecular weight excluding hydrogens is 470 g/mol. The standard InChI is InChI=1S/C25H22ClN5O2S/c1-14-27-21-11-18(6-7-22(21)34-14)31-12-16(10-23(31)32)25(33)30-9-8-20-19(13-30)24(29-28-20)15-2-4-17(26)5-3-15/h2-7,11,16H,8-10,12-13H2,1H3,(H,28,29). The van der Waals surface area contributed by atoms with E-state index in [1.54, 1.807) is 16.2 Å². The summed E-state index contributed by atoms with van der Waals surface area (Å²) in [5.74, 6) is -0.351. The highest BCUT2D eigenvalue weighted by Crippen LogP contribution is 2.33. The maximum atomic E-state index is 13.5. The number of carbonyl (C=O) groups is 2. The lowest BCUT2D eigenvalue weighted by atomic mass is 9.99. The first-order valence-electron chi connectivity index (χ1n) is 11.2. The number of aromatic nitrogens is 3. The fraction of sp³-hybridized carbons (Fsp3) is 0.280. The number of nitrogens with zero attached hydrogens (tertiary/aromatic N) is 4. The summed E-state index contributed by atoms with van der Waals surface area (Å²) in [5, 5.41) is 9.30. The molecule has 6 rings (SSSR count). The molecule has 2 aromatic carbocycles. The second-order valence-corrected chi connectivity index (χ2v) is 10.5. The molecule has 9 heteroatoms. The molecule has 2 aliphatic heterocycles. The van der Waals surface area contributed by atoms with Gasteiger partial charge in [-0.05, 0) is 37.3 Å². The normalized spacial score (nSPS) is 18.1. The van der Waals surface area contributed by atoms with Crippen molar-refractivity contribution in [2.24, 2.45) is 5.92 Å². The predicted molar refractivity (Wildman–Crippen MR) is 133 cm³/mol. The van der Waals surface area contributed by atoms with Gasteiger partial charge < -0.3 is 9.80 Å². The van der Waals surface area contributed by atoms with E-state index < -0.39 is 0 Å². The maximum Gasteiger partial charge on any atom is 0.228 e. The molecule has 34 heavy (non-hydrogen) atoms. The van der Waals surface area contributed by atoms with Crippen molar-refractivity contribution in [1.82, 2.24) is 20.1 Å². The highest BCUT2D eigenvalue weighted by Gasteiger charge is 2.38. The van der Waals surface area contributed by atoms with Crippen LogP contribution in [0.3, 0.4) is 0 Å². The number of hydrogen-bond acceptors (Lipinski definition) is 5. The van der Waals surface area contributed by atoms with Crippen LogP contribution in [0.15, 0.2) is 42.5 Å². The molecule has 2 amide bonds. The maximum absolute atomic E-state index is 13.5. The van der Waals surface area contributed by atoms with Gasteiger partial charge in [0.15, 0.2) is 0 Å². The summed E-state index contributed by atoms with van der Waals surface area (Å²) in [6.07, 6.45) is 0.942. The van der Waals surface area contributed by atoms with Gasteiger partial charge in [0.25, 0.3) is 0 Å². The van der Waals surface area contributed by atoms with Gasteiger partial charge in [0.2, 0.25) is 11.8 Å². The molecule has 2 aromatic heterocycles. The summed E-state index contributed by atoms with van der Waals surface area (Å²) in [6, 6.07) is 13.4. The first-order chi connectivity index (χ1) is 16.5. The van der Waals surface area contributed by atoms with Crippen molar-refractivity contribution in [3.8, 4) is 11.3 Å². The van der Waals surface area contributed by atoms with E-state index in [-0.39, 0.29) is 24.2 Å². The lowest BCUT2D eigenvalue weighted by molar-refractivity contribution is -0.136. The van der Waals surface area contributed by atoms with Crippen LogP contribution in [0.1, 0.15) is 22.7 Å². The van der Waals surface area contributed by atoms with E-state index in [2.05, 4.69) is 15.2 Å². The Morgan fingerprint density at radius 1 is 1.21 bits per heavy atom. The third-order valence-electron chi connectivity index (χ3n) is 6.63. The van der Waals surface area contributed by atoms with E-state index in [4.69, 9.17) is 11.6 Å². The van der Waals surface area contributed by atoms with Crippen LogP contribution in [0.25, 0.3) is 21.5 Å². The second kappa shape index (κ2) is 8.21. The summed E-state index contributed by atoms with van der Waals surface area (Å²) in [7, 11) is 0. The minimum Gasteiger partial charge on any atom is -0.338 e. The number of fused-ring (bicyclic) bond motifs is 2. The van der Waals surface area contributed by atoms with Gasteiger partial charge in [-0.3, -0.25) is 14.7 Å². The van der Waals surface area contributed by atoms with Crippen LogP contribution < -0.4 is 4.90 Å². The summed E-state index contributed by atoms with van der Waals surface area (Å²) >= 11 is 7.67. The monoisotopic (exact) mass is 491 g/mol. The van der Waals surface area contributed by atoms with Crippen molar-refractivity contribution in [2.75, 3.05) is 18.0 Å². The third-order valence-corrected chi connectivity index (χ3v) is 7.83. The molecule has 1 N–H and O–H groups in total. The van der Waals surface area contributed by atoms with E-state index in [0.29, 0.717) is 31.1 Å². The van der Waals surface area contributed by atoms with Crippen molar-refractivity contribution in [3.63, 3.8) is 0 Å². The predicted octanol–water partition coefficient (Wildman–Crippen LogP) is 4.59. The highest BCUT2D eigenvalue weighted by molar-refractivity contribution is 7.18. The highest BCUT2D eigenvalue weighted by atomic mass is 35.5. The lowest BCUT2D eigenvalue weighted by Crippen LogP contribution is -2.40. The number of rotatable bonds is 3. The molecule has 0 spiro atoms. The van der Waals surface area contributed by atoms with E-state index in [1.165, 1.54) is 0 Å². The molecule has 0 radical (unpaired) electrons. The van der Waals surface area contributed by atoms with Crippen molar-refractivity contribution < 1.29 is 9.59 Å². The Bertz CT molecular complexity index is 1430. The topological polar surface area (TPSA) is 82.2 Å². The van der Waals surface area contributed by atoms with Gasteiger partial charge in [0, 0.05) is 60.0 Å². The minimum atomic E-state index is -0.354. The van der Waals surface area contributed by atoms with Gasteiger partial charge in [-0.1, -0.05) is 23.7 Å². The molecule has 172 valence electrons. The molecule has 1 atom stereocenters. The van der Waals surface area contributed by atoms with Crippen LogP contribution >= 0.6 is 22.9 Å². The number of aromatic amines is 1. The van der Waals surface area contributed by atoms with Gasteiger partial charge in [-0.25, -0.2) is 4.98 Å². The van der Waals surface area contributed by atoms with E-state index in [1.807, 2.05) is 54.3 Å². The van der Waals surface area contributed by atoms with Gasteiger partial charge in [-0.15, -0.1) is 11.3 Å². The fourth-order valence-electron chi connectivity index (χ4n) is 4.91. The number of nitrogens with one attached hydrogen (secondary N) is 1. The van der Waals surface area contributed by atoms with E-state index >= 15 is 0 Å². The number of thiazole rings is 1. The number of anilines is 1.